The first kappa shape index (κ1) is 34.6. The highest BCUT2D eigenvalue weighted by molar-refractivity contribution is 7.90. The van der Waals surface area contributed by atoms with Crippen LogP contribution in [0.15, 0.2) is 48.5 Å². The lowest BCUT2D eigenvalue weighted by Crippen LogP contribution is -2.72. The van der Waals surface area contributed by atoms with Gasteiger partial charge in [-0.2, -0.15) is 26.3 Å². The zero-order valence-corrected chi connectivity index (χ0v) is 27.0. The number of alkyl halides is 6. The maximum Gasteiger partial charge on any atom is 0.416 e. The number of benzene rings is 2. The van der Waals surface area contributed by atoms with Crippen molar-refractivity contribution >= 4 is 32.7 Å². The van der Waals surface area contributed by atoms with E-state index in [0.29, 0.717) is 36.8 Å². The van der Waals surface area contributed by atoms with Gasteiger partial charge in [0.05, 0.1) is 39.5 Å². The molecule has 254 valence electrons. The van der Waals surface area contributed by atoms with E-state index in [2.05, 4.69) is 28.9 Å². The Bertz CT molecular complexity index is 1810. The number of rotatable bonds is 8. The van der Waals surface area contributed by atoms with Crippen molar-refractivity contribution in [2.24, 2.45) is 23.2 Å². The third-order valence-electron chi connectivity index (χ3n) is 10.00. The van der Waals surface area contributed by atoms with Gasteiger partial charge in [0, 0.05) is 16.5 Å². The molecule has 0 radical (unpaired) electrons. The molecular weight excluding hydrogens is 648 g/mol. The number of hydrogen-bond donors (Lipinski definition) is 2. The first-order valence-electron chi connectivity index (χ1n) is 15.2. The second kappa shape index (κ2) is 11.8. The van der Waals surface area contributed by atoms with E-state index in [1.807, 2.05) is 6.92 Å². The Morgan fingerprint density at radius 1 is 0.915 bits per heavy atom. The molecule has 3 aliphatic rings. The van der Waals surface area contributed by atoms with Gasteiger partial charge in [-0.15, -0.1) is 0 Å². The summed E-state index contributed by atoms with van der Waals surface area (Å²) in [6, 6.07) is 8.32. The van der Waals surface area contributed by atoms with Crippen molar-refractivity contribution in [3.05, 3.63) is 65.2 Å². The van der Waals surface area contributed by atoms with E-state index in [4.69, 9.17) is 0 Å². The Kier molecular flexibility index (Phi) is 8.68. The molecule has 6 rings (SSSR count). The molecule has 3 aliphatic carbocycles. The number of nitrogens with one attached hydrogen (secondary N) is 2. The van der Waals surface area contributed by atoms with Crippen molar-refractivity contribution in [2.45, 2.75) is 71.3 Å². The number of halogens is 6. The summed E-state index contributed by atoms with van der Waals surface area (Å²) in [5.41, 5.74) is -4.30. The third-order valence-corrected chi connectivity index (χ3v) is 11.3. The number of fused-ring (bicyclic) bond motifs is 3. The topological polar surface area (TPSA) is 105 Å². The molecule has 2 N–H and O–H groups in total. The summed E-state index contributed by atoms with van der Waals surface area (Å²) in [5.74, 6) is -2.12. The maximum atomic E-state index is 13.7. The van der Waals surface area contributed by atoms with Gasteiger partial charge in [0.15, 0.2) is 0 Å². The van der Waals surface area contributed by atoms with Crippen molar-refractivity contribution in [1.82, 2.24) is 15.0 Å². The first-order valence-corrected chi connectivity index (χ1v) is 16.9. The van der Waals surface area contributed by atoms with E-state index in [1.54, 1.807) is 6.92 Å². The average molecular weight is 684 g/mol. The van der Waals surface area contributed by atoms with Gasteiger partial charge >= 0.3 is 12.4 Å². The lowest BCUT2D eigenvalue weighted by Gasteiger charge is -2.66. The van der Waals surface area contributed by atoms with Gasteiger partial charge in [-0.05, 0) is 85.9 Å². The van der Waals surface area contributed by atoms with E-state index < -0.39 is 56.8 Å². The van der Waals surface area contributed by atoms with Crippen LogP contribution in [-0.4, -0.2) is 36.5 Å². The van der Waals surface area contributed by atoms with Crippen LogP contribution in [0, 0.1) is 23.2 Å². The monoisotopic (exact) mass is 683 g/mol. The van der Waals surface area contributed by atoms with Crippen LogP contribution in [0.1, 0.15) is 74.9 Å². The van der Waals surface area contributed by atoms with Gasteiger partial charge in [-0.3, -0.25) is 14.3 Å². The summed E-state index contributed by atoms with van der Waals surface area (Å²) in [6.07, 6.45) is -7.84. The van der Waals surface area contributed by atoms with Crippen LogP contribution in [0.2, 0.25) is 0 Å². The number of unbranched alkanes of at least 4 members (excludes halogenated alkanes) is 1. The lowest BCUT2D eigenvalue weighted by molar-refractivity contribution is -0.164. The Morgan fingerprint density at radius 2 is 1.55 bits per heavy atom. The van der Waals surface area contributed by atoms with Gasteiger partial charge < -0.3 is 5.32 Å². The molecule has 3 saturated carbocycles. The predicted molar refractivity (Wildman–Crippen MR) is 163 cm³/mol. The highest BCUT2D eigenvalue weighted by atomic mass is 32.2. The summed E-state index contributed by atoms with van der Waals surface area (Å²) in [6.45, 7) is 7.72. The molecule has 47 heavy (non-hydrogen) atoms. The van der Waals surface area contributed by atoms with Crippen molar-refractivity contribution in [1.29, 1.82) is 0 Å². The van der Waals surface area contributed by atoms with Crippen LogP contribution in [-0.2, 0) is 27.2 Å². The number of pyridine rings is 1. The molecule has 7 nitrogen and oxygen atoms in total. The van der Waals surface area contributed by atoms with Crippen molar-refractivity contribution in [2.75, 3.05) is 5.75 Å². The summed E-state index contributed by atoms with van der Waals surface area (Å²) >= 11 is 0. The Balaban J connectivity index is 1.43. The summed E-state index contributed by atoms with van der Waals surface area (Å²) in [5, 5.41) is 3.43. The molecule has 0 spiro atoms. The number of amides is 2. The second-order valence-corrected chi connectivity index (χ2v) is 15.2. The van der Waals surface area contributed by atoms with Crippen molar-refractivity contribution < 1.29 is 44.3 Å². The standard InChI is InChI=1S/C33H35F6N3O4S/c1-5-6-11-47(45,46)42-29(44)24-16-21-17-27(30(21,2)3)31(24,4)41-28(43)19-8-10-25-18(12-19)7-9-26(40-25)20-13-22(32(34,35)36)15-23(14-20)33(37,38)39/h7-10,12-15,21,24,27H,5-6,11,16-17H2,1-4H3,(H,41,43)(H,42,44)/t21-,24+,27+,31-/m1/s1. The van der Waals surface area contributed by atoms with Gasteiger partial charge in [0.2, 0.25) is 15.9 Å². The highest BCUT2D eigenvalue weighted by Crippen LogP contribution is 2.64. The molecule has 0 aliphatic heterocycles. The minimum atomic E-state index is -5.01. The molecule has 2 aromatic carbocycles. The van der Waals surface area contributed by atoms with Crippen LogP contribution < -0.4 is 10.0 Å². The molecule has 2 bridgehead atoms. The minimum Gasteiger partial charge on any atom is -0.346 e. The highest BCUT2D eigenvalue weighted by Gasteiger charge is 2.65. The van der Waals surface area contributed by atoms with E-state index in [1.165, 1.54) is 30.3 Å². The molecule has 4 atom stereocenters. The van der Waals surface area contributed by atoms with E-state index in [9.17, 15) is 44.3 Å². The number of carbonyl (C=O) groups is 2. The smallest absolute Gasteiger partial charge is 0.346 e. The summed E-state index contributed by atoms with van der Waals surface area (Å²) in [7, 11) is -3.85. The zero-order chi connectivity index (χ0) is 34.7. The molecule has 2 amide bonds. The quantitative estimate of drug-likeness (QED) is 0.242. The number of nitrogens with zero attached hydrogens (tertiary/aromatic N) is 1. The van der Waals surface area contributed by atoms with E-state index >= 15 is 0 Å². The van der Waals surface area contributed by atoms with Crippen LogP contribution in [0.4, 0.5) is 26.3 Å². The van der Waals surface area contributed by atoms with Crippen molar-refractivity contribution in [3.8, 4) is 11.3 Å². The molecule has 0 saturated heterocycles. The Labute approximate surface area is 268 Å². The number of carbonyl (C=O) groups excluding carboxylic acids is 2. The number of aromatic nitrogens is 1. The van der Waals surface area contributed by atoms with Gasteiger partial charge in [0.25, 0.3) is 5.91 Å². The van der Waals surface area contributed by atoms with Crippen molar-refractivity contribution in [3.63, 3.8) is 0 Å². The van der Waals surface area contributed by atoms with Gasteiger partial charge in [-0.1, -0.05) is 33.3 Å². The maximum absolute atomic E-state index is 13.7. The SMILES string of the molecule is CCCCS(=O)(=O)NC(=O)[C@@H]1C[C@@H]2C[C@@H](C2(C)C)[C@]1(C)NC(=O)c1ccc2nc(-c3cc(C(F)(F)F)cc(C(F)(F)F)c3)ccc2c1. The molecule has 1 heterocycles. The van der Waals surface area contributed by atoms with E-state index in [-0.39, 0.29) is 51.4 Å². The fourth-order valence-electron chi connectivity index (χ4n) is 7.22. The molecule has 14 heteroatoms. The molecule has 3 fully saturated rings. The third kappa shape index (κ3) is 6.70. The summed E-state index contributed by atoms with van der Waals surface area (Å²) < 4.78 is 108. The average Bonchev–Trinajstić information content (AvgIpc) is 2.97. The van der Waals surface area contributed by atoms with Crippen LogP contribution in [0.5, 0.6) is 0 Å². The first-order chi connectivity index (χ1) is 21.7. The van der Waals surface area contributed by atoms with E-state index in [0.717, 1.165) is 6.42 Å². The largest absolute Gasteiger partial charge is 0.416 e. The normalized spacial score (nSPS) is 24.0. The second-order valence-electron chi connectivity index (χ2n) is 13.4. The number of sulfonamides is 1. The molecular formula is C33H35F6N3O4S. The minimum absolute atomic E-state index is 0.0483. The lowest BCUT2D eigenvalue weighted by atomic mass is 9.40. The molecule has 1 aromatic heterocycles. The van der Waals surface area contributed by atoms with Crippen LogP contribution in [0.25, 0.3) is 22.2 Å². The van der Waals surface area contributed by atoms with Crippen LogP contribution in [0.3, 0.4) is 0 Å². The van der Waals surface area contributed by atoms with Crippen LogP contribution >= 0.6 is 0 Å². The van der Waals surface area contributed by atoms with Gasteiger partial charge in [-0.25, -0.2) is 13.4 Å². The number of hydrogen-bond acceptors (Lipinski definition) is 5. The molecule has 3 aromatic rings. The fourth-order valence-corrected chi connectivity index (χ4v) is 8.44. The Morgan fingerprint density at radius 3 is 2.13 bits per heavy atom. The molecule has 0 unspecified atom stereocenters. The predicted octanol–water partition coefficient (Wildman–Crippen LogP) is 7.36. The zero-order valence-electron chi connectivity index (χ0n) is 26.1. The van der Waals surface area contributed by atoms with Gasteiger partial charge in [0.1, 0.15) is 0 Å². The summed E-state index contributed by atoms with van der Waals surface area (Å²) in [4.78, 5) is 31.3. The Hall–Kier alpha value is -3.68. The fraction of sp³-hybridized carbons (Fsp3) is 0.485.